The molecule has 1 unspecified atom stereocenters. The van der Waals surface area contributed by atoms with Gasteiger partial charge >= 0.3 is 12.0 Å². The molecular weight excluding hydrogens is 236 g/mol. The number of carbonyl (C=O) groups excluding carboxylic acids is 2. The lowest BCUT2D eigenvalue weighted by molar-refractivity contribution is -0.147. The first-order valence-corrected chi connectivity index (χ1v) is 6.45. The van der Waals surface area contributed by atoms with Crippen molar-refractivity contribution in [3.63, 3.8) is 0 Å². The zero-order valence-corrected chi connectivity index (χ0v) is 10.8. The van der Waals surface area contributed by atoms with Crippen molar-refractivity contribution < 1.29 is 19.1 Å². The lowest BCUT2D eigenvalue weighted by Crippen LogP contribution is -2.55. The maximum atomic E-state index is 12.4. The monoisotopic (exact) mass is 256 g/mol. The number of piperidine rings is 1. The molecule has 2 amide bonds. The Morgan fingerprint density at radius 1 is 1.17 bits per heavy atom. The van der Waals surface area contributed by atoms with Gasteiger partial charge in [0, 0.05) is 19.6 Å². The molecule has 0 aromatic rings. The van der Waals surface area contributed by atoms with Crippen molar-refractivity contribution in [2.24, 2.45) is 0 Å². The van der Waals surface area contributed by atoms with Crippen molar-refractivity contribution in [1.82, 2.24) is 9.80 Å². The number of methoxy groups -OCH3 is 1. The van der Waals surface area contributed by atoms with Crippen molar-refractivity contribution in [2.75, 3.05) is 40.0 Å². The number of amides is 2. The van der Waals surface area contributed by atoms with Crippen LogP contribution in [0.25, 0.3) is 0 Å². The number of esters is 1. The first kappa shape index (κ1) is 13.1. The summed E-state index contributed by atoms with van der Waals surface area (Å²) in [4.78, 5) is 27.5. The largest absolute Gasteiger partial charge is 0.467 e. The van der Waals surface area contributed by atoms with Gasteiger partial charge in [-0.05, 0) is 19.3 Å². The topological polar surface area (TPSA) is 59.1 Å². The van der Waals surface area contributed by atoms with E-state index in [1.165, 1.54) is 7.11 Å². The highest BCUT2D eigenvalue weighted by Gasteiger charge is 2.35. The minimum absolute atomic E-state index is 0.0617. The van der Waals surface area contributed by atoms with Gasteiger partial charge in [-0.3, -0.25) is 0 Å². The molecular formula is C12H20N2O4. The van der Waals surface area contributed by atoms with E-state index in [0.29, 0.717) is 39.3 Å². The van der Waals surface area contributed by atoms with E-state index in [2.05, 4.69) is 0 Å². The van der Waals surface area contributed by atoms with Crippen LogP contribution in [0.3, 0.4) is 0 Å². The van der Waals surface area contributed by atoms with E-state index in [9.17, 15) is 9.59 Å². The Labute approximate surface area is 107 Å². The number of carbonyl (C=O) groups is 2. The summed E-state index contributed by atoms with van der Waals surface area (Å²) in [5.74, 6) is -0.309. The molecule has 18 heavy (non-hydrogen) atoms. The van der Waals surface area contributed by atoms with E-state index in [4.69, 9.17) is 9.47 Å². The van der Waals surface area contributed by atoms with Gasteiger partial charge in [0.25, 0.3) is 0 Å². The van der Waals surface area contributed by atoms with Gasteiger partial charge in [-0.25, -0.2) is 9.59 Å². The standard InChI is InChI=1S/C12H20N2O4/c1-17-11(15)10-4-2-3-5-14(10)12(16)13-6-8-18-9-7-13/h10H,2-9H2,1H3. The van der Waals surface area contributed by atoms with Crippen molar-refractivity contribution in [3.8, 4) is 0 Å². The summed E-state index contributed by atoms with van der Waals surface area (Å²) in [7, 11) is 1.37. The van der Waals surface area contributed by atoms with Gasteiger partial charge < -0.3 is 19.3 Å². The number of hydrogen-bond donors (Lipinski definition) is 0. The van der Waals surface area contributed by atoms with Gasteiger partial charge in [0.2, 0.25) is 0 Å². The fraction of sp³-hybridized carbons (Fsp3) is 0.833. The Kier molecular flexibility index (Phi) is 4.41. The highest BCUT2D eigenvalue weighted by molar-refractivity contribution is 5.84. The van der Waals surface area contributed by atoms with Crippen LogP contribution in [0.5, 0.6) is 0 Å². The van der Waals surface area contributed by atoms with Crippen LogP contribution in [-0.2, 0) is 14.3 Å². The number of urea groups is 1. The molecule has 6 heteroatoms. The number of morpholine rings is 1. The predicted octanol–water partition coefficient (Wildman–Crippen LogP) is 0.466. The van der Waals surface area contributed by atoms with Crippen LogP contribution in [-0.4, -0.2) is 67.8 Å². The summed E-state index contributed by atoms with van der Waals surface area (Å²) < 4.78 is 10.0. The van der Waals surface area contributed by atoms with Gasteiger partial charge in [0.05, 0.1) is 20.3 Å². The Bertz CT molecular complexity index is 315. The second-order valence-electron chi connectivity index (χ2n) is 4.61. The van der Waals surface area contributed by atoms with Crippen molar-refractivity contribution >= 4 is 12.0 Å². The van der Waals surface area contributed by atoms with Gasteiger partial charge in [-0.15, -0.1) is 0 Å². The van der Waals surface area contributed by atoms with Crippen molar-refractivity contribution in [1.29, 1.82) is 0 Å². The van der Waals surface area contributed by atoms with Crippen LogP contribution in [0.1, 0.15) is 19.3 Å². The first-order valence-electron chi connectivity index (χ1n) is 6.45. The van der Waals surface area contributed by atoms with Crippen molar-refractivity contribution in [3.05, 3.63) is 0 Å². The second kappa shape index (κ2) is 6.04. The van der Waals surface area contributed by atoms with Crippen molar-refractivity contribution in [2.45, 2.75) is 25.3 Å². The van der Waals surface area contributed by atoms with E-state index < -0.39 is 6.04 Å². The second-order valence-corrected chi connectivity index (χ2v) is 4.61. The van der Waals surface area contributed by atoms with Crippen LogP contribution >= 0.6 is 0 Å². The highest BCUT2D eigenvalue weighted by Crippen LogP contribution is 2.20. The Morgan fingerprint density at radius 3 is 2.56 bits per heavy atom. The third-order valence-corrected chi connectivity index (χ3v) is 3.50. The summed E-state index contributed by atoms with van der Waals surface area (Å²) in [5.41, 5.74) is 0. The van der Waals surface area contributed by atoms with E-state index in [1.54, 1.807) is 9.80 Å². The number of hydrogen-bond acceptors (Lipinski definition) is 4. The molecule has 0 aliphatic carbocycles. The molecule has 102 valence electrons. The molecule has 0 spiro atoms. The molecule has 1 atom stereocenters. The third-order valence-electron chi connectivity index (χ3n) is 3.50. The number of ether oxygens (including phenoxy) is 2. The fourth-order valence-corrected chi connectivity index (χ4v) is 2.48. The lowest BCUT2D eigenvalue weighted by Gasteiger charge is -2.38. The maximum absolute atomic E-state index is 12.4. The average molecular weight is 256 g/mol. The van der Waals surface area contributed by atoms with E-state index in [-0.39, 0.29) is 12.0 Å². The summed E-state index contributed by atoms with van der Waals surface area (Å²) in [6, 6.07) is -0.479. The SMILES string of the molecule is COC(=O)C1CCCCN1C(=O)N1CCOCC1. The summed E-state index contributed by atoms with van der Waals surface area (Å²) in [5, 5.41) is 0. The highest BCUT2D eigenvalue weighted by atomic mass is 16.5. The number of likely N-dealkylation sites (tertiary alicyclic amines) is 1. The van der Waals surface area contributed by atoms with Crippen LogP contribution in [0, 0.1) is 0 Å². The van der Waals surface area contributed by atoms with Gasteiger partial charge in [0.15, 0.2) is 0 Å². The van der Waals surface area contributed by atoms with Gasteiger partial charge in [0.1, 0.15) is 6.04 Å². The van der Waals surface area contributed by atoms with Crippen LogP contribution in [0.15, 0.2) is 0 Å². The molecule has 6 nitrogen and oxygen atoms in total. The first-order chi connectivity index (χ1) is 8.74. The quantitative estimate of drug-likeness (QED) is 0.640. The summed E-state index contributed by atoms with van der Waals surface area (Å²) >= 11 is 0. The Hall–Kier alpha value is -1.30. The molecule has 2 saturated heterocycles. The summed E-state index contributed by atoms with van der Waals surface area (Å²) in [6.07, 6.45) is 2.61. The van der Waals surface area contributed by atoms with Gasteiger partial charge in [-0.1, -0.05) is 0 Å². The zero-order valence-electron chi connectivity index (χ0n) is 10.8. The summed E-state index contributed by atoms with van der Waals surface area (Å²) in [6.45, 7) is 2.98. The van der Waals surface area contributed by atoms with E-state index in [1.807, 2.05) is 0 Å². The molecule has 0 saturated carbocycles. The third kappa shape index (κ3) is 2.75. The smallest absolute Gasteiger partial charge is 0.328 e. The maximum Gasteiger partial charge on any atom is 0.328 e. The molecule has 0 aromatic carbocycles. The molecule has 2 fully saturated rings. The number of nitrogens with zero attached hydrogens (tertiary/aromatic N) is 2. The van der Waals surface area contributed by atoms with E-state index >= 15 is 0 Å². The fourth-order valence-electron chi connectivity index (χ4n) is 2.48. The Balaban J connectivity index is 2.03. The number of rotatable bonds is 1. The average Bonchev–Trinajstić information content (AvgIpc) is 2.46. The molecule has 0 N–H and O–H groups in total. The molecule has 2 rings (SSSR count). The van der Waals surface area contributed by atoms with E-state index in [0.717, 1.165) is 12.8 Å². The molecule has 0 aromatic heterocycles. The normalized spacial score (nSPS) is 24.8. The molecule has 0 radical (unpaired) electrons. The molecule has 2 aliphatic heterocycles. The molecule has 2 aliphatic rings. The zero-order chi connectivity index (χ0) is 13.0. The minimum atomic E-state index is -0.418. The van der Waals surface area contributed by atoms with Crippen LogP contribution < -0.4 is 0 Å². The van der Waals surface area contributed by atoms with Gasteiger partial charge in [-0.2, -0.15) is 0 Å². The lowest BCUT2D eigenvalue weighted by atomic mass is 10.0. The minimum Gasteiger partial charge on any atom is -0.467 e. The van der Waals surface area contributed by atoms with Crippen LogP contribution in [0.2, 0.25) is 0 Å². The predicted molar refractivity (Wildman–Crippen MR) is 64.1 cm³/mol. The Morgan fingerprint density at radius 2 is 1.89 bits per heavy atom. The van der Waals surface area contributed by atoms with Crippen LogP contribution in [0.4, 0.5) is 4.79 Å². The molecule has 0 bridgehead atoms. The molecule has 2 heterocycles.